The summed E-state index contributed by atoms with van der Waals surface area (Å²) in [6.07, 6.45) is 0. The zero-order chi connectivity index (χ0) is 19.3. The minimum absolute atomic E-state index is 0.148. The van der Waals surface area contributed by atoms with Gasteiger partial charge in [0, 0.05) is 16.6 Å². The van der Waals surface area contributed by atoms with Gasteiger partial charge in [-0.05, 0) is 47.5 Å². The highest BCUT2D eigenvalue weighted by molar-refractivity contribution is 9.10. The first-order chi connectivity index (χ1) is 12.9. The van der Waals surface area contributed by atoms with Gasteiger partial charge < -0.3 is 5.32 Å². The van der Waals surface area contributed by atoms with Gasteiger partial charge in [-0.1, -0.05) is 58.4 Å². The first kappa shape index (κ1) is 19.3. The first-order valence-electron chi connectivity index (χ1n) is 8.33. The molecule has 3 aromatic carbocycles. The van der Waals surface area contributed by atoms with Crippen LogP contribution in [-0.4, -0.2) is 14.3 Å². The van der Waals surface area contributed by atoms with Gasteiger partial charge in [0.25, 0.3) is 5.91 Å². The fourth-order valence-corrected chi connectivity index (χ4v) is 4.24. The molecule has 3 aromatic rings. The fourth-order valence-electron chi connectivity index (χ4n) is 2.62. The molecule has 1 amide bonds. The largest absolute Gasteiger partial charge is 0.348 e. The predicted octanol–water partition coefficient (Wildman–Crippen LogP) is 4.35. The molecule has 4 nitrogen and oxygen atoms in total. The molecule has 0 saturated carbocycles. The van der Waals surface area contributed by atoms with Crippen LogP contribution in [0.15, 0.2) is 88.2 Å². The Kier molecular flexibility index (Phi) is 6.08. The maximum absolute atomic E-state index is 12.5. The molecule has 0 aromatic heterocycles. The molecule has 3 rings (SSSR count). The summed E-state index contributed by atoms with van der Waals surface area (Å²) in [5.41, 5.74) is 2.00. The van der Waals surface area contributed by atoms with Crippen molar-refractivity contribution in [2.45, 2.75) is 17.2 Å². The Hall–Kier alpha value is -2.44. The lowest BCUT2D eigenvalue weighted by molar-refractivity contribution is 0.0951. The van der Waals surface area contributed by atoms with Crippen LogP contribution < -0.4 is 5.32 Å². The first-order valence-corrected chi connectivity index (χ1v) is 10.8. The lowest BCUT2D eigenvalue weighted by Crippen LogP contribution is -2.22. The zero-order valence-electron chi connectivity index (χ0n) is 14.4. The van der Waals surface area contributed by atoms with Gasteiger partial charge in [0.15, 0.2) is 9.84 Å². The molecule has 6 heteroatoms. The second-order valence-electron chi connectivity index (χ2n) is 6.08. The van der Waals surface area contributed by atoms with E-state index in [-0.39, 0.29) is 16.6 Å². The summed E-state index contributed by atoms with van der Waals surface area (Å²) in [6, 6.07) is 22.7. The van der Waals surface area contributed by atoms with E-state index in [9.17, 15) is 13.2 Å². The number of hydrogen-bond acceptors (Lipinski definition) is 3. The number of hydrogen-bond donors (Lipinski definition) is 1. The third-order valence-corrected chi connectivity index (χ3v) is 6.25. The number of amides is 1. The molecule has 0 aliphatic heterocycles. The van der Waals surface area contributed by atoms with Crippen molar-refractivity contribution in [1.29, 1.82) is 0 Å². The second-order valence-corrected chi connectivity index (χ2v) is 8.99. The van der Waals surface area contributed by atoms with Crippen LogP contribution in [0.4, 0.5) is 0 Å². The monoisotopic (exact) mass is 443 g/mol. The summed E-state index contributed by atoms with van der Waals surface area (Å²) in [6.45, 7) is 0.401. The molecule has 1 N–H and O–H groups in total. The van der Waals surface area contributed by atoms with Crippen LogP contribution in [-0.2, 0) is 22.1 Å². The Balaban J connectivity index is 1.69. The van der Waals surface area contributed by atoms with Gasteiger partial charge in [-0.3, -0.25) is 4.79 Å². The maximum atomic E-state index is 12.5. The van der Waals surface area contributed by atoms with E-state index in [1.165, 1.54) is 0 Å². The Morgan fingerprint density at radius 1 is 0.852 bits per heavy atom. The number of carbonyl (C=O) groups excluding carboxylic acids is 1. The molecule has 0 spiro atoms. The van der Waals surface area contributed by atoms with Crippen molar-refractivity contribution in [3.05, 3.63) is 100 Å². The smallest absolute Gasteiger partial charge is 0.251 e. The topological polar surface area (TPSA) is 63.2 Å². The molecule has 0 atom stereocenters. The Morgan fingerprint density at radius 2 is 1.56 bits per heavy atom. The summed E-state index contributed by atoms with van der Waals surface area (Å²) in [5, 5.41) is 2.85. The van der Waals surface area contributed by atoms with E-state index in [0.29, 0.717) is 17.7 Å². The maximum Gasteiger partial charge on any atom is 0.251 e. The average molecular weight is 444 g/mol. The number of rotatable bonds is 6. The van der Waals surface area contributed by atoms with E-state index in [1.54, 1.807) is 54.6 Å². The Morgan fingerprint density at radius 3 is 2.26 bits per heavy atom. The number of sulfone groups is 1. The van der Waals surface area contributed by atoms with Crippen molar-refractivity contribution >= 4 is 31.7 Å². The number of benzene rings is 3. The highest BCUT2D eigenvalue weighted by Gasteiger charge is 2.16. The summed E-state index contributed by atoms with van der Waals surface area (Å²) < 4.78 is 26.0. The molecule has 0 aliphatic rings. The normalized spacial score (nSPS) is 11.1. The lowest BCUT2D eigenvalue weighted by Gasteiger charge is -2.08. The summed E-state index contributed by atoms with van der Waals surface area (Å²) in [4.78, 5) is 12.7. The SMILES string of the molecule is O=C(NCc1ccc(Br)cc1)c1cccc(CS(=O)(=O)c2ccccc2)c1. The highest BCUT2D eigenvalue weighted by Crippen LogP contribution is 2.17. The third kappa shape index (κ3) is 5.28. The molecule has 138 valence electrons. The van der Waals surface area contributed by atoms with E-state index in [0.717, 1.165) is 10.0 Å². The quantitative estimate of drug-likeness (QED) is 0.615. The van der Waals surface area contributed by atoms with E-state index in [4.69, 9.17) is 0 Å². The Labute approximate surface area is 167 Å². The molecule has 0 saturated heterocycles. The van der Waals surface area contributed by atoms with Crippen LogP contribution in [0.5, 0.6) is 0 Å². The van der Waals surface area contributed by atoms with Crippen molar-refractivity contribution in [3.63, 3.8) is 0 Å². The lowest BCUT2D eigenvalue weighted by atomic mass is 10.1. The van der Waals surface area contributed by atoms with Gasteiger partial charge in [0.2, 0.25) is 0 Å². The van der Waals surface area contributed by atoms with Crippen LogP contribution >= 0.6 is 15.9 Å². The summed E-state index contributed by atoms with van der Waals surface area (Å²) >= 11 is 3.37. The molecule has 0 bridgehead atoms. The van der Waals surface area contributed by atoms with Gasteiger partial charge in [0.05, 0.1) is 10.6 Å². The van der Waals surface area contributed by atoms with Gasteiger partial charge >= 0.3 is 0 Å². The second kappa shape index (κ2) is 8.50. The van der Waals surface area contributed by atoms with Crippen molar-refractivity contribution in [3.8, 4) is 0 Å². The van der Waals surface area contributed by atoms with E-state index in [1.807, 2.05) is 24.3 Å². The molecule has 0 heterocycles. The highest BCUT2D eigenvalue weighted by atomic mass is 79.9. The molecule has 0 unspecified atom stereocenters. The van der Waals surface area contributed by atoms with Crippen molar-refractivity contribution < 1.29 is 13.2 Å². The van der Waals surface area contributed by atoms with Gasteiger partial charge in [-0.15, -0.1) is 0 Å². The van der Waals surface area contributed by atoms with E-state index < -0.39 is 9.84 Å². The fraction of sp³-hybridized carbons (Fsp3) is 0.0952. The minimum Gasteiger partial charge on any atom is -0.348 e. The predicted molar refractivity (Wildman–Crippen MR) is 109 cm³/mol. The van der Waals surface area contributed by atoms with Gasteiger partial charge in [-0.2, -0.15) is 0 Å². The van der Waals surface area contributed by atoms with Gasteiger partial charge in [-0.25, -0.2) is 8.42 Å². The number of nitrogens with one attached hydrogen (secondary N) is 1. The summed E-state index contributed by atoms with van der Waals surface area (Å²) in [5.74, 6) is -0.387. The van der Waals surface area contributed by atoms with Crippen molar-refractivity contribution in [2.24, 2.45) is 0 Å². The molecule has 0 radical (unpaired) electrons. The van der Waals surface area contributed by atoms with Gasteiger partial charge in [0.1, 0.15) is 0 Å². The third-order valence-electron chi connectivity index (χ3n) is 4.01. The van der Waals surface area contributed by atoms with Crippen LogP contribution in [0, 0.1) is 0 Å². The molecule has 0 aliphatic carbocycles. The van der Waals surface area contributed by atoms with Crippen molar-refractivity contribution in [1.82, 2.24) is 5.32 Å². The average Bonchev–Trinajstić information content (AvgIpc) is 2.68. The Bertz CT molecular complexity index is 1030. The molecule has 0 fully saturated rings. The van der Waals surface area contributed by atoms with E-state index in [2.05, 4.69) is 21.2 Å². The summed E-state index contributed by atoms with van der Waals surface area (Å²) in [7, 11) is -3.45. The molecular formula is C21H18BrNO3S. The minimum atomic E-state index is -3.45. The van der Waals surface area contributed by atoms with Crippen molar-refractivity contribution in [2.75, 3.05) is 0 Å². The van der Waals surface area contributed by atoms with Crippen LogP contribution in [0.3, 0.4) is 0 Å². The van der Waals surface area contributed by atoms with E-state index >= 15 is 0 Å². The number of carbonyl (C=O) groups is 1. The van der Waals surface area contributed by atoms with Crippen LogP contribution in [0.2, 0.25) is 0 Å². The molecule has 27 heavy (non-hydrogen) atoms. The zero-order valence-corrected chi connectivity index (χ0v) is 16.8. The van der Waals surface area contributed by atoms with Crippen LogP contribution in [0.25, 0.3) is 0 Å². The van der Waals surface area contributed by atoms with Crippen LogP contribution in [0.1, 0.15) is 21.5 Å². The molecular weight excluding hydrogens is 426 g/mol. The standard InChI is InChI=1S/C21H18BrNO3S/c22-19-11-9-16(10-12-19)14-23-21(24)18-6-4-5-17(13-18)15-27(25,26)20-7-2-1-3-8-20/h1-13H,14-15H2,(H,23,24). The number of halogens is 1.